The summed E-state index contributed by atoms with van der Waals surface area (Å²) in [6, 6.07) is 1.66. The van der Waals surface area contributed by atoms with E-state index in [1.54, 1.807) is 20.3 Å². The van der Waals surface area contributed by atoms with Gasteiger partial charge in [0, 0.05) is 6.54 Å². The van der Waals surface area contributed by atoms with Crippen molar-refractivity contribution >= 4 is 5.95 Å². The maximum atomic E-state index is 5.09. The Bertz CT molecular complexity index is 345. The third-order valence-electron chi connectivity index (χ3n) is 3.16. The van der Waals surface area contributed by atoms with Crippen molar-refractivity contribution in [2.24, 2.45) is 5.92 Å². The van der Waals surface area contributed by atoms with E-state index in [1.165, 1.54) is 25.7 Å². The molecule has 2 rings (SSSR count). The molecule has 0 atom stereocenters. The molecule has 5 nitrogen and oxygen atoms in total. The van der Waals surface area contributed by atoms with Gasteiger partial charge in [0.2, 0.25) is 17.7 Å². The van der Waals surface area contributed by atoms with Crippen molar-refractivity contribution in [3.8, 4) is 11.8 Å². The highest BCUT2D eigenvalue weighted by molar-refractivity contribution is 5.33. The predicted molar refractivity (Wildman–Crippen MR) is 65.6 cm³/mol. The molecule has 1 aromatic rings. The number of nitrogens with one attached hydrogen (secondary N) is 1. The molecule has 1 fully saturated rings. The molecule has 1 aliphatic rings. The van der Waals surface area contributed by atoms with Crippen LogP contribution >= 0.6 is 0 Å². The molecule has 1 saturated carbocycles. The minimum Gasteiger partial charge on any atom is -0.481 e. The minimum atomic E-state index is 0.517. The summed E-state index contributed by atoms with van der Waals surface area (Å²) >= 11 is 0. The van der Waals surface area contributed by atoms with Crippen molar-refractivity contribution < 1.29 is 9.47 Å². The van der Waals surface area contributed by atoms with Crippen LogP contribution < -0.4 is 14.8 Å². The number of anilines is 1. The Labute approximate surface area is 102 Å². The highest BCUT2D eigenvalue weighted by Crippen LogP contribution is 2.29. The molecule has 0 aliphatic heterocycles. The van der Waals surface area contributed by atoms with E-state index < -0.39 is 0 Å². The summed E-state index contributed by atoms with van der Waals surface area (Å²) in [7, 11) is 3.17. The van der Waals surface area contributed by atoms with Crippen molar-refractivity contribution in [2.75, 3.05) is 26.1 Å². The van der Waals surface area contributed by atoms with E-state index >= 15 is 0 Å². The van der Waals surface area contributed by atoms with Gasteiger partial charge in [0.05, 0.1) is 20.3 Å². The average molecular weight is 237 g/mol. The van der Waals surface area contributed by atoms with Gasteiger partial charge in [0.25, 0.3) is 0 Å². The van der Waals surface area contributed by atoms with Crippen LogP contribution in [0.25, 0.3) is 0 Å². The first-order valence-electron chi connectivity index (χ1n) is 6.02. The number of ether oxygens (including phenoxy) is 2. The maximum Gasteiger partial charge on any atom is 0.229 e. The van der Waals surface area contributed by atoms with E-state index in [4.69, 9.17) is 9.47 Å². The number of rotatable bonds is 6. The third kappa shape index (κ3) is 3.22. The second-order valence-corrected chi connectivity index (χ2v) is 4.29. The molecular formula is C12H19N3O2. The van der Waals surface area contributed by atoms with Gasteiger partial charge in [-0.3, -0.25) is 0 Å². The van der Waals surface area contributed by atoms with Gasteiger partial charge in [-0.25, -0.2) is 0 Å². The Hall–Kier alpha value is -1.52. The molecule has 1 heterocycles. The zero-order chi connectivity index (χ0) is 12.1. The fraction of sp³-hybridized carbons (Fsp3) is 0.667. The molecule has 0 spiro atoms. The van der Waals surface area contributed by atoms with Crippen molar-refractivity contribution in [3.63, 3.8) is 0 Å². The Morgan fingerprint density at radius 2 is 1.88 bits per heavy atom. The standard InChI is InChI=1S/C12H19N3O2/c1-16-10-8-11(17-2)15-12(14-10)13-7-6-9-4-3-5-9/h8-9H,3-7H2,1-2H3,(H,13,14,15). The van der Waals surface area contributed by atoms with E-state index in [0.29, 0.717) is 17.7 Å². The molecule has 17 heavy (non-hydrogen) atoms. The van der Waals surface area contributed by atoms with Crippen LogP contribution in [0.1, 0.15) is 25.7 Å². The summed E-state index contributed by atoms with van der Waals surface area (Å²) in [6.07, 6.45) is 5.30. The lowest BCUT2D eigenvalue weighted by Crippen LogP contribution is -2.16. The second-order valence-electron chi connectivity index (χ2n) is 4.29. The molecule has 0 aromatic carbocycles. The number of hydrogen-bond donors (Lipinski definition) is 1. The monoisotopic (exact) mass is 237 g/mol. The smallest absolute Gasteiger partial charge is 0.229 e. The summed E-state index contributed by atoms with van der Waals surface area (Å²) in [5.74, 6) is 2.49. The van der Waals surface area contributed by atoms with Gasteiger partial charge < -0.3 is 14.8 Å². The molecule has 1 N–H and O–H groups in total. The highest BCUT2D eigenvalue weighted by Gasteiger charge is 2.16. The second kappa shape index (κ2) is 5.70. The predicted octanol–water partition coefficient (Wildman–Crippen LogP) is 2.10. The van der Waals surface area contributed by atoms with Gasteiger partial charge in [0.1, 0.15) is 0 Å². The van der Waals surface area contributed by atoms with E-state index in [9.17, 15) is 0 Å². The highest BCUT2D eigenvalue weighted by atomic mass is 16.5. The molecule has 0 amide bonds. The van der Waals surface area contributed by atoms with Gasteiger partial charge in [0.15, 0.2) is 0 Å². The first kappa shape index (κ1) is 12.0. The molecule has 0 saturated heterocycles. The first-order chi connectivity index (χ1) is 8.31. The van der Waals surface area contributed by atoms with E-state index in [1.807, 2.05) is 0 Å². The quantitative estimate of drug-likeness (QED) is 0.821. The fourth-order valence-electron chi connectivity index (χ4n) is 1.86. The summed E-state index contributed by atoms with van der Waals surface area (Å²) < 4.78 is 10.2. The van der Waals surface area contributed by atoms with Crippen LogP contribution in [0.4, 0.5) is 5.95 Å². The molecular weight excluding hydrogens is 218 g/mol. The van der Waals surface area contributed by atoms with Crippen molar-refractivity contribution in [3.05, 3.63) is 6.07 Å². The van der Waals surface area contributed by atoms with Crippen molar-refractivity contribution in [1.29, 1.82) is 0 Å². The Kier molecular flexibility index (Phi) is 4.01. The topological polar surface area (TPSA) is 56.3 Å². The number of nitrogens with zero attached hydrogens (tertiary/aromatic N) is 2. The van der Waals surface area contributed by atoms with E-state index in [2.05, 4.69) is 15.3 Å². The van der Waals surface area contributed by atoms with Crippen LogP contribution in [0.15, 0.2) is 6.07 Å². The Balaban J connectivity index is 1.89. The number of methoxy groups -OCH3 is 2. The molecule has 5 heteroatoms. The van der Waals surface area contributed by atoms with Crippen molar-refractivity contribution in [1.82, 2.24) is 9.97 Å². The molecule has 1 aliphatic carbocycles. The Morgan fingerprint density at radius 3 is 2.35 bits per heavy atom. The first-order valence-corrected chi connectivity index (χ1v) is 6.02. The lowest BCUT2D eigenvalue weighted by atomic mass is 9.83. The van der Waals surface area contributed by atoms with Crippen molar-refractivity contribution in [2.45, 2.75) is 25.7 Å². The molecule has 0 radical (unpaired) electrons. The van der Waals surface area contributed by atoms with Gasteiger partial charge >= 0.3 is 0 Å². The summed E-state index contributed by atoms with van der Waals surface area (Å²) in [4.78, 5) is 8.43. The van der Waals surface area contributed by atoms with Crippen LogP contribution in [0, 0.1) is 5.92 Å². The normalized spacial score (nSPS) is 15.2. The van der Waals surface area contributed by atoms with Crippen LogP contribution in [0.3, 0.4) is 0 Å². The zero-order valence-corrected chi connectivity index (χ0v) is 10.4. The summed E-state index contributed by atoms with van der Waals surface area (Å²) in [5, 5.41) is 3.21. The molecule has 0 bridgehead atoms. The van der Waals surface area contributed by atoms with Gasteiger partial charge in [-0.15, -0.1) is 0 Å². The SMILES string of the molecule is COc1cc(OC)nc(NCCC2CCC2)n1. The van der Waals surface area contributed by atoms with Crippen LogP contribution in [0.5, 0.6) is 11.8 Å². The minimum absolute atomic E-state index is 0.517. The molecule has 1 aromatic heterocycles. The molecule has 0 unspecified atom stereocenters. The average Bonchev–Trinajstić information content (AvgIpc) is 2.31. The Morgan fingerprint density at radius 1 is 1.24 bits per heavy atom. The zero-order valence-electron chi connectivity index (χ0n) is 10.4. The summed E-state index contributed by atoms with van der Waals surface area (Å²) in [6.45, 7) is 0.904. The van der Waals surface area contributed by atoms with E-state index in [0.717, 1.165) is 12.5 Å². The maximum absolute atomic E-state index is 5.09. The summed E-state index contributed by atoms with van der Waals surface area (Å²) in [5.41, 5.74) is 0. The van der Waals surface area contributed by atoms with Gasteiger partial charge in [-0.2, -0.15) is 9.97 Å². The third-order valence-corrected chi connectivity index (χ3v) is 3.16. The van der Waals surface area contributed by atoms with Crippen LogP contribution in [0.2, 0.25) is 0 Å². The fourth-order valence-corrected chi connectivity index (χ4v) is 1.86. The van der Waals surface area contributed by atoms with E-state index in [-0.39, 0.29) is 0 Å². The van der Waals surface area contributed by atoms with Gasteiger partial charge in [-0.1, -0.05) is 19.3 Å². The van der Waals surface area contributed by atoms with Crippen LogP contribution in [-0.4, -0.2) is 30.7 Å². The number of aromatic nitrogens is 2. The number of hydrogen-bond acceptors (Lipinski definition) is 5. The lowest BCUT2D eigenvalue weighted by Gasteiger charge is -2.25. The molecule has 94 valence electrons. The van der Waals surface area contributed by atoms with Crippen LogP contribution in [-0.2, 0) is 0 Å². The lowest BCUT2D eigenvalue weighted by molar-refractivity contribution is 0.302. The largest absolute Gasteiger partial charge is 0.481 e. The van der Waals surface area contributed by atoms with Gasteiger partial charge in [-0.05, 0) is 12.3 Å².